The van der Waals surface area contributed by atoms with Crippen LogP contribution in [0.4, 0.5) is 0 Å². The van der Waals surface area contributed by atoms with Gasteiger partial charge in [-0.1, -0.05) is 6.92 Å². The average molecular weight is 327 g/mol. The van der Waals surface area contributed by atoms with Gasteiger partial charge in [0.2, 0.25) is 0 Å². The van der Waals surface area contributed by atoms with E-state index >= 15 is 0 Å². The SMILES string of the molecule is CCc1nn(C)c(CNC(C)c2nncn2C)c1Br. The zero-order valence-corrected chi connectivity index (χ0v) is 13.3. The highest BCUT2D eigenvalue weighted by molar-refractivity contribution is 9.10. The van der Waals surface area contributed by atoms with Gasteiger partial charge < -0.3 is 9.88 Å². The summed E-state index contributed by atoms with van der Waals surface area (Å²) >= 11 is 3.62. The third-order valence-electron chi connectivity index (χ3n) is 3.21. The fraction of sp³-hybridized carbons (Fsp3) is 0.583. The Kier molecular flexibility index (Phi) is 4.36. The predicted octanol–water partition coefficient (Wildman–Crippen LogP) is 1.72. The van der Waals surface area contributed by atoms with Gasteiger partial charge in [-0.2, -0.15) is 5.10 Å². The van der Waals surface area contributed by atoms with Gasteiger partial charge in [-0.25, -0.2) is 0 Å². The Morgan fingerprint density at radius 1 is 1.42 bits per heavy atom. The van der Waals surface area contributed by atoms with Crippen LogP contribution in [-0.4, -0.2) is 24.5 Å². The van der Waals surface area contributed by atoms with Crippen LogP contribution in [0.1, 0.15) is 37.1 Å². The summed E-state index contributed by atoms with van der Waals surface area (Å²) in [6.07, 6.45) is 2.63. The Bertz CT molecular complexity index is 559. The van der Waals surface area contributed by atoms with Gasteiger partial charge in [0.25, 0.3) is 0 Å². The molecule has 2 aromatic rings. The minimum atomic E-state index is 0.138. The van der Waals surface area contributed by atoms with Crippen molar-refractivity contribution in [2.75, 3.05) is 0 Å². The molecule has 2 rings (SSSR count). The predicted molar refractivity (Wildman–Crippen MR) is 76.5 cm³/mol. The number of halogens is 1. The molecule has 0 amide bonds. The molecule has 0 saturated carbocycles. The Labute approximate surface area is 121 Å². The third-order valence-corrected chi connectivity index (χ3v) is 4.13. The Morgan fingerprint density at radius 2 is 2.16 bits per heavy atom. The number of aromatic nitrogens is 5. The van der Waals surface area contributed by atoms with Crippen LogP contribution < -0.4 is 5.32 Å². The van der Waals surface area contributed by atoms with Crippen molar-refractivity contribution in [3.05, 3.63) is 28.0 Å². The van der Waals surface area contributed by atoms with Gasteiger partial charge in [0.05, 0.1) is 21.9 Å². The summed E-state index contributed by atoms with van der Waals surface area (Å²) in [4.78, 5) is 0. The van der Waals surface area contributed by atoms with Gasteiger partial charge in [0, 0.05) is 20.6 Å². The Hall–Kier alpha value is -1.21. The van der Waals surface area contributed by atoms with E-state index in [1.807, 2.05) is 23.3 Å². The van der Waals surface area contributed by atoms with Crippen LogP contribution in [0.5, 0.6) is 0 Å². The van der Waals surface area contributed by atoms with E-state index in [1.165, 1.54) is 0 Å². The molecule has 0 bridgehead atoms. The summed E-state index contributed by atoms with van der Waals surface area (Å²) in [5, 5.41) is 15.9. The molecule has 104 valence electrons. The van der Waals surface area contributed by atoms with Crippen LogP contribution >= 0.6 is 15.9 Å². The summed E-state index contributed by atoms with van der Waals surface area (Å²) < 4.78 is 4.93. The fourth-order valence-corrected chi connectivity index (χ4v) is 2.79. The van der Waals surface area contributed by atoms with Crippen LogP contribution in [-0.2, 0) is 27.1 Å². The molecule has 1 atom stereocenters. The first kappa shape index (κ1) is 14.2. The van der Waals surface area contributed by atoms with Gasteiger partial charge >= 0.3 is 0 Å². The highest BCUT2D eigenvalue weighted by atomic mass is 79.9. The lowest BCUT2D eigenvalue weighted by atomic mass is 10.2. The van der Waals surface area contributed by atoms with Crippen molar-refractivity contribution >= 4 is 15.9 Å². The zero-order chi connectivity index (χ0) is 14.0. The molecule has 2 aromatic heterocycles. The summed E-state index contributed by atoms with van der Waals surface area (Å²) in [6, 6.07) is 0.138. The van der Waals surface area contributed by atoms with E-state index in [2.05, 4.69) is 50.4 Å². The summed E-state index contributed by atoms with van der Waals surface area (Å²) in [5.74, 6) is 0.925. The van der Waals surface area contributed by atoms with E-state index in [4.69, 9.17) is 0 Å². The molecule has 0 aliphatic rings. The minimum Gasteiger partial charge on any atom is -0.319 e. The van der Waals surface area contributed by atoms with E-state index in [0.717, 1.165) is 34.7 Å². The molecule has 19 heavy (non-hydrogen) atoms. The summed E-state index contributed by atoms with van der Waals surface area (Å²) in [5.41, 5.74) is 2.23. The maximum Gasteiger partial charge on any atom is 0.149 e. The highest BCUT2D eigenvalue weighted by Gasteiger charge is 2.15. The molecule has 0 spiro atoms. The second-order valence-corrected chi connectivity index (χ2v) is 5.38. The molecule has 0 aliphatic carbocycles. The van der Waals surface area contributed by atoms with Gasteiger partial charge in [-0.3, -0.25) is 4.68 Å². The molecule has 1 unspecified atom stereocenters. The number of nitrogens with one attached hydrogen (secondary N) is 1. The second kappa shape index (κ2) is 5.83. The summed E-state index contributed by atoms with van der Waals surface area (Å²) in [6.45, 7) is 4.92. The highest BCUT2D eigenvalue weighted by Crippen LogP contribution is 2.22. The number of aryl methyl sites for hydroxylation is 3. The van der Waals surface area contributed by atoms with Crippen molar-refractivity contribution in [3.8, 4) is 0 Å². The van der Waals surface area contributed by atoms with Crippen LogP contribution in [0, 0.1) is 0 Å². The maximum atomic E-state index is 4.48. The van der Waals surface area contributed by atoms with Gasteiger partial charge in [-0.15, -0.1) is 10.2 Å². The molecule has 0 saturated heterocycles. The quantitative estimate of drug-likeness (QED) is 0.908. The lowest BCUT2D eigenvalue weighted by molar-refractivity contribution is 0.511. The van der Waals surface area contributed by atoms with E-state index in [1.54, 1.807) is 6.33 Å². The molecule has 2 heterocycles. The zero-order valence-electron chi connectivity index (χ0n) is 11.7. The molecule has 6 nitrogen and oxygen atoms in total. The minimum absolute atomic E-state index is 0.138. The molecule has 0 aromatic carbocycles. The van der Waals surface area contributed by atoms with Crippen LogP contribution in [0.15, 0.2) is 10.8 Å². The molecular formula is C12H19BrN6. The van der Waals surface area contributed by atoms with E-state index < -0.39 is 0 Å². The van der Waals surface area contributed by atoms with E-state index in [-0.39, 0.29) is 6.04 Å². The normalized spacial score (nSPS) is 12.9. The van der Waals surface area contributed by atoms with Crippen molar-refractivity contribution < 1.29 is 0 Å². The molecule has 0 radical (unpaired) electrons. The van der Waals surface area contributed by atoms with Crippen molar-refractivity contribution in [1.29, 1.82) is 0 Å². The fourth-order valence-electron chi connectivity index (χ4n) is 2.04. The summed E-state index contributed by atoms with van der Waals surface area (Å²) in [7, 11) is 3.91. The monoisotopic (exact) mass is 326 g/mol. The van der Waals surface area contributed by atoms with Crippen molar-refractivity contribution in [1.82, 2.24) is 29.9 Å². The smallest absolute Gasteiger partial charge is 0.149 e. The lowest BCUT2D eigenvalue weighted by Gasteiger charge is -2.13. The third kappa shape index (κ3) is 2.87. The molecule has 1 N–H and O–H groups in total. The van der Waals surface area contributed by atoms with Gasteiger partial charge in [0.15, 0.2) is 0 Å². The van der Waals surface area contributed by atoms with Gasteiger partial charge in [0.1, 0.15) is 12.2 Å². The van der Waals surface area contributed by atoms with E-state index in [0.29, 0.717) is 0 Å². The molecule has 0 aliphatic heterocycles. The standard InChI is InChI=1S/C12H19BrN6/c1-5-9-11(13)10(19(4)17-9)6-14-8(2)12-16-15-7-18(12)3/h7-8,14H,5-6H2,1-4H3. The second-order valence-electron chi connectivity index (χ2n) is 4.59. The van der Waals surface area contributed by atoms with Crippen molar-refractivity contribution in [3.63, 3.8) is 0 Å². The first-order valence-electron chi connectivity index (χ1n) is 6.32. The van der Waals surface area contributed by atoms with Gasteiger partial charge in [-0.05, 0) is 29.3 Å². The largest absolute Gasteiger partial charge is 0.319 e. The number of hydrogen-bond donors (Lipinski definition) is 1. The van der Waals surface area contributed by atoms with Crippen molar-refractivity contribution in [2.24, 2.45) is 14.1 Å². The number of nitrogens with zero attached hydrogens (tertiary/aromatic N) is 5. The van der Waals surface area contributed by atoms with E-state index in [9.17, 15) is 0 Å². The Morgan fingerprint density at radius 3 is 2.68 bits per heavy atom. The van der Waals surface area contributed by atoms with Crippen LogP contribution in [0.25, 0.3) is 0 Å². The topological polar surface area (TPSA) is 60.6 Å². The maximum absolute atomic E-state index is 4.48. The lowest BCUT2D eigenvalue weighted by Crippen LogP contribution is -2.22. The number of rotatable bonds is 5. The Balaban J connectivity index is 2.07. The number of hydrogen-bond acceptors (Lipinski definition) is 4. The first-order chi connectivity index (χ1) is 9.04. The molecule has 0 fully saturated rings. The average Bonchev–Trinajstić information content (AvgIpc) is 2.92. The first-order valence-corrected chi connectivity index (χ1v) is 7.11. The van der Waals surface area contributed by atoms with Crippen LogP contribution in [0.2, 0.25) is 0 Å². The molecular weight excluding hydrogens is 308 g/mol. The van der Waals surface area contributed by atoms with Crippen LogP contribution in [0.3, 0.4) is 0 Å². The van der Waals surface area contributed by atoms with Crippen molar-refractivity contribution in [2.45, 2.75) is 32.9 Å². The molecule has 7 heteroatoms.